The Morgan fingerprint density at radius 1 is 1.26 bits per heavy atom. The number of primary amides is 1. The van der Waals surface area contributed by atoms with Gasteiger partial charge in [0.05, 0.1) is 5.54 Å². The molecule has 3 N–H and O–H groups in total. The van der Waals surface area contributed by atoms with Gasteiger partial charge < -0.3 is 11.1 Å². The number of carbonyl (C=O) groups is 1. The van der Waals surface area contributed by atoms with Gasteiger partial charge in [-0.3, -0.25) is 4.79 Å². The van der Waals surface area contributed by atoms with Gasteiger partial charge in [0.2, 0.25) is 5.91 Å². The van der Waals surface area contributed by atoms with Crippen molar-refractivity contribution in [2.24, 2.45) is 5.73 Å². The van der Waals surface area contributed by atoms with E-state index in [1.165, 1.54) is 11.1 Å². The van der Waals surface area contributed by atoms with Crippen molar-refractivity contribution >= 4 is 5.91 Å². The highest BCUT2D eigenvalue weighted by Crippen LogP contribution is 2.46. The summed E-state index contributed by atoms with van der Waals surface area (Å²) in [4.78, 5) is 11.5. The number of benzene rings is 1. The molecule has 1 aromatic rings. The normalized spacial score (nSPS) is 24.8. The van der Waals surface area contributed by atoms with Crippen LogP contribution in [-0.2, 0) is 15.7 Å². The molecular weight excluding hydrogens is 236 g/mol. The van der Waals surface area contributed by atoms with Crippen LogP contribution < -0.4 is 11.1 Å². The monoisotopic (exact) mass is 260 g/mol. The molecule has 0 bridgehead atoms. The number of amides is 1. The van der Waals surface area contributed by atoms with Crippen molar-refractivity contribution in [3.05, 3.63) is 35.4 Å². The molecule has 1 aromatic carbocycles. The van der Waals surface area contributed by atoms with Gasteiger partial charge in [-0.15, -0.1) is 0 Å². The molecule has 1 unspecified atom stereocenters. The zero-order chi connectivity index (χ0) is 14.1. The predicted octanol–water partition coefficient (Wildman–Crippen LogP) is 2.44. The third kappa shape index (κ3) is 2.52. The van der Waals surface area contributed by atoms with Crippen molar-refractivity contribution in [3.8, 4) is 0 Å². The number of fused-ring (bicyclic) bond motifs is 1. The predicted molar refractivity (Wildman–Crippen MR) is 77.9 cm³/mol. The minimum Gasteiger partial charge on any atom is -0.370 e. The molecular formula is C16H24N2O. The molecule has 2 rings (SSSR count). The molecule has 1 amide bonds. The van der Waals surface area contributed by atoms with Crippen LogP contribution in [0.2, 0.25) is 0 Å². The summed E-state index contributed by atoms with van der Waals surface area (Å²) in [6, 6.07) is 8.45. The largest absolute Gasteiger partial charge is 0.370 e. The molecule has 0 saturated carbocycles. The quantitative estimate of drug-likeness (QED) is 0.873. The van der Waals surface area contributed by atoms with Crippen LogP contribution in [0.1, 0.15) is 51.2 Å². The minimum atomic E-state index is -0.285. The molecule has 1 aliphatic carbocycles. The van der Waals surface area contributed by atoms with Crippen LogP contribution in [0.3, 0.4) is 0 Å². The summed E-state index contributed by atoms with van der Waals surface area (Å²) in [6.07, 6.45) is 2.38. The maximum absolute atomic E-state index is 11.5. The third-order valence-electron chi connectivity index (χ3n) is 4.34. The fourth-order valence-electron chi connectivity index (χ4n) is 3.35. The maximum atomic E-state index is 11.5. The lowest BCUT2D eigenvalue weighted by molar-refractivity contribution is -0.119. The van der Waals surface area contributed by atoms with E-state index in [4.69, 9.17) is 5.73 Å². The lowest BCUT2D eigenvalue weighted by Crippen LogP contribution is -2.50. The molecule has 19 heavy (non-hydrogen) atoms. The van der Waals surface area contributed by atoms with Gasteiger partial charge in [0.25, 0.3) is 0 Å². The number of nitrogens with one attached hydrogen (secondary N) is 1. The first-order valence-corrected chi connectivity index (χ1v) is 7.05. The molecule has 0 radical (unpaired) electrons. The van der Waals surface area contributed by atoms with Crippen LogP contribution in [-0.4, -0.2) is 12.5 Å². The van der Waals surface area contributed by atoms with E-state index < -0.39 is 0 Å². The summed E-state index contributed by atoms with van der Waals surface area (Å²) in [5, 5.41) is 3.52. The number of carbonyl (C=O) groups excluding carboxylic acids is 1. The molecule has 0 aliphatic heterocycles. The number of nitrogens with two attached hydrogens (primary N) is 1. The third-order valence-corrected chi connectivity index (χ3v) is 4.34. The molecule has 3 heteroatoms. The summed E-state index contributed by atoms with van der Waals surface area (Å²) >= 11 is 0. The van der Waals surface area contributed by atoms with Crippen LogP contribution in [0.25, 0.3) is 0 Å². The average molecular weight is 260 g/mol. The van der Waals surface area contributed by atoms with Crippen molar-refractivity contribution in [1.29, 1.82) is 0 Å². The molecule has 0 heterocycles. The first kappa shape index (κ1) is 14.1. The van der Waals surface area contributed by atoms with Crippen LogP contribution in [0, 0.1) is 0 Å². The Labute approximate surface area is 115 Å². The maximum Gasteiger partial charge on any atom is 0.219 e. The SMILES string of the molecule is CCNC1(CC(N)=O)CCC(C)(C)c2ccccc21. The molecule has 1 atom stereocenters. The average Bonchev–Trinajstić information content (AvgIpc) is 2.35. The summed E-state index contributed by atoms with van der Waals surface area (Å²) in [5.41, 5.74) is 7.94. The van der Waals surface area contributed by atoms with E-state index in [1.54, 1.807) is 0 Å². The fraction of sp³-hybridized carbons (Fsp3) is 0.562. The molecule has 0 aromatic heterocycles. The Morgan fingerprint density at radius 3 is 2.47 bits per heavy atom. The highest BCUT2D eigenvalue weighted by Gasteiger charge is 2.42. The summed E-state index contributed by atoms with van der Waals surface area (Å²) < 4.78 is 0. The van der Waals surface area contributed by atoms with E-state index >= 15 is 0 Å². The van der Waals surface area contributed by atoms with Crippen molar-refractivity contribution in [1.82, 2.24) is 5.32 Å². The van der Waals surface area contributed by atoms with E-state index in [0.29, 0.717) is 6.42 Å². The fourth-order valence-corrected chi connectivity index (χ4v) is 3.35. The molecule has 104 valence electrons. The molecule has 0 fully saturated rings. The zero-order valence-corrected chi connectivity index (χ0v) is 12.1. The van der Waals surface area contributed by atoms with Crippen molar-refractivity contribution in [3.63, 3.8) is 0 Å². The zero-order valence-electron chi connectivity index (χ0n) is 12.1. The molecule has 1 aliphatic rings. The van der Waals surface area contributed by atoms with Crippen LogP contribution in [0.4, 0.5) is 0 Å². The van der Waals surface area contributed by atoms with E-state index in [2.05, 4.69) is 44.3 Å². The van der Waals surface area contributed by atoms with Crippen LogP contribution in [0.15, 0.2) is 24.3 Å². The van der Waals surface area contributed by atoms with E-state index in [9.17, 15) is 4.79 Å². The van der Waals surface area contributed by atoms with Crippen molar-refractivity contribution < 1.29 is 4.79 Å². The second kappa shape index (κ2) is 4.97. The second-order valence-corrected chi connectivity index (χ2v) is 6.18. The summed E-state index contributed by atoms with van der Waals surface area (Å²) in [6.45, 7) is 7.45. The highest BCUT2D eigenvalue weighted by atomic mass is 16.1. The molecule has 3 nitrogen and oxygen atoms in total. The Balaban J connectivity index is 2.54. The highest BCUT2D eigenvalue weighted by molar-refractivity contribution is 5.76. The Hall–Kier alpha value is -1.35. The second-order valence-electron chi connectivity index (χ2n) is 6.18. The van der Waals surface area contributed by atoms with Crippen molar-refractivity contribution in [2.45, 2.75) is 51.0 Å². The Kier molecular flexibility index (Phi) is 3.68. The van der Waals surface area contributed by atoms with E-state index in [-0.39, 0.29) is 16.9 Å². The van der Waals surface area contributed by atoms with E-state index in [0.717, 1.165) is 19.4 Å². The van der Waals surface area contributed by atoms with Gasteiger partial charge in [0.1, 0.15) is 0 Å². The first-order valence-electron chi connectivity index (χ1n) is 7.05. The Bertz CT molecular complexity index is 481. The molecule has 0 spiro atoms. The minimum absolute atomic E-state index is 0.160. The van der Waals surface area contributed by atoms with Gasteiger partial charge in [-0.05, 0) is 35.9 Å². The summed E-state index contributed by atoms with van der Waals surface area (Å²) in [7, 11) is 0. The number of hydrogen-bond acceptors (Lipinski definition) is 2. The Morgan fingerprint density at radius 2 is 1.89 bits per heavy atom. The smallest absolute Gasteiger partial charge is 0.219 e. The number of rotatable bonds is 4. The van der Waals surface area contributed by atoms with Crippen LogP contribution in [0.5, 0.6) is 0 Å². The van der Waals surface area contributed by atoms with Gasteiger partial charge >= 0.3 is 0 Å². The lowest BCUT2D eigenvalue weighted by atomic mass is 9.64. The topological polar surface area (TPSA) is 55.1 Å². The number of hydrogen-bond donors (Lipinski definition) is 2. The first-order chi connectivity index (χ1) is 8.91. The van der Waals surface area contributed by atoms with E-state index in [1.807, 2.05) is 6.07 Å². The van der Waals surface area contributed by atoms with Gasteiger partial charge in [-0.2, -0.15) is 0 Å². The summed E-state index contributed by atoms with van der Waals surface area (Å²) in [5.74, 6) is -0.240. The molecule has 0 saturated heterocycles. The van der Waals surface area contributed by atoms with Crippen LogP contribution >= 0.6 is 0 Å². The standard InChI is InChI=1S/C16H24N2O/c1-4-18-16(11-14(17)19)10-9-15(2,3)12-7-5-6-8-13(12)16/h5-8,18H,4,9-11H2,1-3H3,(H2,17,19). The van der Waals surface area contributed by atoms with Crippen molar-refractivity contribution in [2.75, 3.05) is 6.54 Å². The van der Waals surface area contributed by atoms with Gasteiger partial charge in [0.15, 0.2) is 0 Å². The van der Waals surface area contributed by atoms with Gasteiger partial charge in [-0.25, -0.2) is 0 Å². The lowest BCUT2D eigenvalue weighted by Gasteiger charge is -2.45. The van der Waals surface area contributed by atoms with Gasteiger partial charge in [0, 0.05) is 6.42 Å². The van der Waals surface area contributed by atoms with Gasteiger partial charge in [-0.1, -0.05) is 45.0 Å².